The van der Waals surface area contributed by atoms with Gasteiger partial charge in [-0.2, -0.15) is 4.98 Å². The maximum absolute atomic E-state index is 10.1. The smallest absolute Gasteiger partial charge is 0.227 e. The number of β-amino-alcohol motifs (C(OH)–C–C–N with tert-alkyl or cyclic N) is 1. The SMILES string of the molecule is Cc1cnc(N2C[C@H](OC(C)C)[C@@H](O)C2)nc1N(C)C. The molecule has 0 aromatic carbocycles. The highest BCUT2D eigenvalue weighted by Crippen LogP contribution is 2.23. The first-order valence-corrected chi connectivity index (χ1v) is 6.98. The van der Waals surface area contributed by atoms with Crippen LogP contribution in [0, 0.1) is 6.92 Å². The number of aliphatic hydroxyl groups excluding tert-OH is 1. The quantitative estimate of drug-likeness (QED) is 0.881. The Morgan fingerprint density at radius 2 is 2.10 bits per heavy atom. The summed E-state index contributed by atoms with van der Waals surface area (Å²) < 4.78 is 5.72. The van der Waals surface area contributed by atoms with Gasteiger partial charge in [0.1, 0.15) is 11.9 Å². The van der Waals surface area contributed by atoms with E-state index in [1.807, 2.05) is 50.9 Å². The van der Waals surface area contributed by atoms with Crippen molar-refractivity contribution in [1.82, 2.24) is 9.97 Å². The lowest BCUT2D eigenvalue weighted by Crippen LogP contribution is -2.29. The molecule has 0 radical (unpaired) electrons. The van der Waals surface area contributed by atoms with Crippen molar-refractivity contribution in [3.8, 4) is 0 Å². The molecule has 0 bridgehead atoms. The monoisotopic (exact) mass is 280 g/mol. The third-order valence-electron chi connectivity index (χ3n) is 3.32. The largest absolute Gasteiger partial charge is 0.388 e. The Bertz CT molecular complexity index is 464. The first-order chi connectivity index (χ1) is 9.38. The molecule has 1 aliphatic heterocycles. The molecule has 1 N–H and O–H groups in total. The van der Waals surface area contributed by atoms with Gasteiger partial charge in [0.05, 0.1) is 12.2 Å². The van der Waals surface area contributed by atoms with Gasteiger partial charge in [-0.1, -0.05) is 0 Å². The van der Waals surface area contributed by atoms with E-state index in [1.54, 1.807) is 0 Å². The van der Waals surface area contributed by atoms with Crippen LogP contribution in [0.25, 0.3) is 0 Å². The van der Waals surface area contributed by atoms with Gasteiger partial charge in [-0.05, 0) is 20.8 Å². The van der Waals surface area contributed by atoms with Crippen molar-refractivity contribution in [1.29, 1.82) is 0 Å². The summed E-state index contributed by atoms with van der Waals surface area (Å²) in [5.41, 5.74) is 1.04. The molecule has 0 saturated carbocycles. The van der Waals surface area contributed by atoms with Crippen LogP contribution in [-0.2, 0) is 4.74 Å². The van der Waals surface area contributed by atoms with Crippen LogP contribution >= 0.6 is 0 Å². The van der Waals surface area contributed by atoms with Crippen molar-refractivity contribution < 1.29 is 9.84 Å². The third-order valence-corrected chi connectivity index (χ3v) is 3.32. The van der Waals surface area contributed by atoms with Gasteiger partial charge in [-0.15, -0.1) is 0 Å². The van der Waals surface area contributed by atoms with Gasteiger partial charge in [0.25, 0.3) is 0 Å². The summed E-state index contributed by atoms with van der Waals surface area (Å²) >= 11 is 0. The van der Waals surface area contributed by atoms with E-state index in [9.17, 15) is 5.11 Å². The van der Waals surface area contributed by atoms with Crippen LogP contribution in [0.4, 0.5) is 11.8 Å². The molecule has 0 amide bonds. The predicted molar refractivity (Wildman–Crippen MR) is 79.3 cm³/mol. The number of anilines is 2. The van der Waals surface area contributed by atoms with Crippen molar-refractivity contribution in [3.05, 3.63) is 11.8 Å². The Kier molecular flexibility index (Phi) is 4.45. The molecular formula is C14H24N4O2. The van der Waals surface area contributed by atoms with E-state index in [1.165, 1.54) is 0 Å². The average Bonchev–Trinajstić information content (AvgIpc) is 2.70. The fourth-order valence-corrected chi connectivity index (χ4v) is 2.43. The summed E-state index contributed by atoms with van der Waals surface area (Å²) in [6.45, 7) is 7.06. The number of aryl methyl sites for hydroxylation is 1. The van der Waals surface area contributed by atoms with Crippen LogP contribution in [-0.4, -0.2) is 60.6 Å². The minimum Gasteiger partial charge on any atom is -0.388 e. The second kappa shape index (κ2) is 5.93. The Morgan fingerprint density at radius 1 is 1.40 bits per heavy atom. The molecule has 2 heterocycles. The van der Waals surface area contributed by atoms with Gasteiger partial charge in [-0.3, -0.25) is 0 Å². The van der Waals surface area contributed by atoms with Gasteiger partial charge >= 0.3 is 0 Å². The molecule has 20 heavy (non-hydrogen) atoms. The molecular weight excluding hydrogens is 256 g/mol. The average molecular weight is 280 g/mol. The normalized spacial score (nSPS) is 22.6. The topological polar surface area (TPSA) is 61.7 Å². The molecule has 1 aromatic heterocycles. The molecule has 0 unspecified atom stereocenters. The summed E-state index contributed by atoms with van der Waals surface area (Å²) in [5.74, 6) is 1.55. The van der Waals surface area contributed by atoms with Crippen LogP contribution < -0.4 is 9.80 Å². The zero-order chi connectivity index (χ0) is 14.9. The minimum absolute atomic E-state index is 0.103. The lowest BCUT2D eigenvalue weighted by molar-refractivity contribution is -0.0386. The zero-order valence-corrected chi connectivity index (χ0v) is 12.9. The maximum Gasteiger partial charge on any atom is 0.227 e. The lowest BCUT2D eigenvalue weighted by Gasteiger charge is -2.20. The molecule has 1 aliphatic rings. The van der Waals surface area contributed by atoms with Crippen molar-refractivity contribution in [2.45, 2.75) is 39.1 Å². The lowest BCUT2D eigenvalue weighted by atomic mass is 10.2. The molecule has 6 heteroatoms. The van der Waals surface area contributed by atoms with Crippen LogP contribution in [0.2, 0.25) is 0 Å². The van der Waals surface area contributed by atoms with Crippen LogP contribution in [0.15, 0.2) is 6.20 Å². The second-order valence-corrected chi connectivity index (χ2v) is 5.77. The number of hydrogen-bond acceptors (Lipinski definition) is 6. The second-order valence-electron chi connectivity index (χ2n) is 5.77. The molecule has 112 valence electrons. The highest BCUT2D eigenvalue weighted by Gasteiger charge is 2.34. The third kappa shape index (κ3) is 3.19. The molecule has 0 spiro atoms. The summed E-state index contributed by atoms with van der Waals surface area (Å²) in [6.07, 6.45) is 1.25. The Balaban J connectivity index is 2.15. The van der Waals surface area contributed by atoms with E-state index >= 15 is 0 Å². The highest BCUT2D eigenvalue weighted by atomic mass is 16.5. The fourth-order valence-electron chi connectivity index (χ4n) is 2.43. The van der Waals surface area contributed by atoms with Gasteiger partial charge in [0.2, 0.25) is 5.95 Å². The van der Waals surface area contributed by atoms with Gasteiger partial charge in [0.15, 0.2) is 0 Å². The van der Waals surface area contributed by atoms with Crippen molar-refractivity contribution in [3.63, 3.8) is 0 Å². The van der Waals surface area contributed by atoms with Crippen molar-refractivity contribution in [2.75, 3.05) is 37.0 Å². The van der Waals surface area contributed by atoms with E-state index in [-0.39, 0.29) is 12.2 Å². The molecule has 1 fully saturated rings. The number of aromatic nitrogens is 2. The van der Waals surface area contributed by atoms with E-state index in [2.05, 4.69) is 9.97 Å². The highest BCUT2D eigenvalue weighted by molar-refractivity contribution is 5.49. The van der Waals surface area contributed by atoms with E-state index < -0.39 is 6.10 Å². The summed E-state index contributed by atoms with van der Waals surface area (Å²) in [5, 5.41) is 10.1. The van der Waals surface area contributed by atoms with Crippen molar-refractivity contribution in [2.24, 2.45) is 0 Å². The standard InChI is InChI=1S/C14H24N4O2/c1-9(2)20-12-8-18(7-11(12)19)14-15-6-10(3)13(16-14)17(4)5/h6,9,11-12,19H,7-8H2,1-5H3/t11-,12-/m0/s1. The molecule has 2 rings (SSSR count). The Hall–Kier alpha value is -1.40. The van der Waals surface area contributed by atoms with E-state index in [0.29, 0.717) is 19.0 Å². The van der Waals surface area contributed by atoms with E-state index in [0.717, 1.165) is 11.4 Å². The number of ether oxygens (including phenoxy) is 1. The number of hydrogen-bond donors (Lipinski definition) is 1. The van der Waals surface area contributed by atoms with Gasteiger partial charge < -0.3 is 19.6 Å². The van der Waals surface area contributed by atoms with E-state index in [4.69, 9.17) is 4.74 Å². The number of aliphatic hydroxyl groups is 1. The number of nitrogens with zero attached hydrogens (tertiary/aromatic N) is 4. The van der Waals surface area contributed by atoms with Gasteiger partial charge in [0, 0.05) is 38.9 Å². The zero-order valence-electron chi connectivity index (χ0n) is 12.9. The van der Waals surface area contributed by atoms with Crippen LogP contribution in [0.5, 0.6) is 0 Å². The first-order valence-electron chi connectivity index (χ1n) is 6.98. The molecule has 1 saturated heterocycles. The summed E-state index contributed by atoms with van der Waals surface area (Å²) in [4.78, 5) is 12.9. The summed E-state index contributed by atoms with van der Waals surface area (Å²) in [6, 6.07) is 0. The minimum atomic E-state index is -0.495. The first kappa shape index (κ1) is 15.0. The predicted octanol–water partition coefficient (Wildman–Crippen LogP) is 0.826. The Labute approximate surface area is 120 Å². The summed E-state index contributed by atoms with van der Waals surface area (Å²) in [7, 11) is 3.92. The van der Waals surface area contributed by atoms with Crippen LogP contribution in [0.3, 0.4) is 0 Å². The molecule has 6 nitrogen and oxygen atoms in total. The molecule has 2 atom stereocenters. The Morgan fingerprint density at radius 3 is 2.70 bits per heavy atom. The maximum atomic E-state index is 10.1. The van der Waals surface area contributed by atoms with Crippen LogP contribution in [0.1, 0.15) is 19.4 Å². The number of rotatable bonds is 4. The fraction of sp³-hybridized carbons (Fsp3) is 0.714. The molecule has 0 aliphatic carbocycles. The molecule has 1 aromatic rings. The van der Waals surface area contributed by atoms with Gasteiger partial charge in [-0.25, -0.2) is 4.98 Å². The van der Waals surface area contributed by atoms with Crippen molar-refractivity contribution >= 4 is 11.8 Å².